The number of hydrogen-bond donors (Lipinski definition) is 2. The maximum absolute atomic E-state index is 5.24. The summed E-state index contributed by atoms with van der Waals surface area (Å²) in [5, 5.41) is 3.98. The summed E-state index contributed by atoms with van der Waals surface area (Å²) in [6.45, 7) is 0. The molecule has 4 nitrogen and oxygen atoms in total. The molecule has 0 saturated heterocycles. The first-order valence-corrected chi connectivity index (χ1v) is 6.15. The molecule has 86 valence electrons. The molecule has 1 rings (SSSR count). The standard InChI is InChI=1S/C9H9Br2N3OS/c1-15-8-5(4-13-14-9(12)16)2-6(10)3-7(8)11/h2-4H,1H3,(H3,12,14,16). The molecule has 0 unspecified atom stereocenters. The van der Waals surface area contributed by atoms with Gasteiger partial charge in [-0.3, -0.25) is 5.43 Å². The fourth-order valence-electron chi connectivity index (χ4n) is 1.06. The first-order chi connectivity index (χ1) is 7.54. The molecule has 0 radical (unpaired) electrons. The zero-order valence-corrected chi connectivity index (χ0v) is 12.3. The Morgan fingerprint density at radius 1 is 1.56 bits per heavy atom. The average molecular weight is 367 g/mol. The average Bonchev–Trinajstić information content (AvgIpc) is 2.16. The minimum atomic E-state index is 0.115. The molecule has 0 aromatic heterocycles. The maximum Gasteiger partial charge on any atom is 0.184 e. The van der Waals surface area contributed by atoms with Crippen LogP contribution in [0.4, 0.5) is 0 Å². The fourth-order valence-corrected chi connectivity index (χ4v) is 2.53. The van der Waals surface area contributed by atoms with Crippen molar-refractivity contribution in [1.82, 2.24) is 5.43 Å². The van der Waals surface area contributed by atoms with Crippen molar-refractivity contribution in [3.8, 4) is 5.75 Å². The van der Waals surface area contributed by atoms with Crippen LogP contribution in [-0.4, -0.2) is 18.4 Å². The molecular weight excluding hydrogens is 358 g/mol. The Morgan fingerprint density at radius 3 is 2.81 bits per heavy atom. The lowest BCUT2D eigenvalue weighted by atomic mass is 10.2. The van der Waals surface area contributed by atoms with Gasteiger partial charge in [0, 0.05) is 10.0 Å². The number of nitrogens with zero attached hydrogens (tertiary/aromatic N) is 1. The number of rotatable bonds is 3. The van der Waals surface area contributed by atoms with Gasteiger partial charge in [0.15, 0.2) is 5.11 Å². The highest BCUT2D eigenvalue weighted by atomic mass is 79.9. The van der Waals surface area contributed by atoms with E-state index in [1.807, 2.05) is 12.1 Å². The van der Waals surface area contributed by atoms with Crippen molar-refractivity contribution in [2.45, 2.75) is 0 Å². The second-order valence-corrected chi connectivity index (χ2v) is 4.95. The van der Waals surface area contributed by atoms with Crippen molar-refractivity contribution in [3.63, 3.8) is 0 Å². The molecule has 0 bridgehead atoms. The number of ether oxygens (including phenoxy) is 1. The highest BCUT2D eigenvalue weighted by molar-refractivity contribution is 9.11. The summed E-state index contributed by atoms with van der Waals surface area (Å²) in [6, 6.07) is 3.76. The largest absolute Gasteiger partial charge is 0.495 e. The molecule has 0 spiro atoms. The molecule has 3 N–H and O–H groups in total. The molecule has 0 saturated carbocycles. The number of thiocarbonyl (C=S) groups is 1. The van der Waals surface area contributed by atoms with Gasteiger partial charge in [0.25, 0.3) is 0 Å². The van der Waals surface area contributed by atoms with Gasteiger partial charge in [-0.1, -0.05) is 15.9 Å². The van der Waals surface area contributed by atoms with Crippen LogP contribution >= 0.6 is 44.1 Å². The van der Waals surface area contributed by atoms with Crippen molar-refractivity contribution in [1.29, 1.82) is 0 Å². The summed E-state index contributed by atoms with van der Waals surface area (Å²) in [7, 11) is 1.59. The summed E-state index contributed by atoms with van der Waals surface area (Å²) in [4.78, 5) is 0. The molecule has 0 fully saturated rings. The van der Waals surface area contributed by atoms with Gasteiger partial charge in [-0.2, -0.15) is 5.10 Å². The smallest absolute Gasteiger partial charge is 0.184 e. The van der Waals surface area contributed by atoms with Crippen molar-refractivity contribution in [3.05, 3.63) is 26.6 Å². The normalized spacial score (nSPS) is 10.4. The molecular formula is C9H9Br2N3OS. The Hall–Kier alpha value is -0.660. The topological polar surface area (TPSA) is 59.6 Å². The van der Waals surface area contributed by atoms with E-state index in [0.29, 0.717) is 5.75 Å². The van der Waals surface area contributed by atoms with Gasteiger partial charge < -0.3 is 10.5 Å². The van der Waals surface area contributed by atoms with Crippen LogP contribution in [0.25, 0.3) is 0 Å². The summed E-state index contributed by atoms with van der Waals surface area (Å²) in [5.74, 6) is 0.691. The first-order valence-electron chi connectivity index (χ1n) is 4.16. The van der Waals surface area contributed by atoms with Crippen LogP contribution in [0.1, 0.15) is 5.56 Å². The predicted molar refractivity (Wildman–Crippen MR) is 75.9 cm³/mol. The Bertz CT molecular complexity index is 437. The summed E-state index contributed by atoms with van der Waals surface area (Å²) in [6.07, 6.45) is 1.58. The van der Waals surface area contributed by atoms with E-state index < -0.39 is 0 Å². The van der Waals surface area contributed by atoms with E-state index in [4.69, 9.17) is 10.5 Å². The molecule has 7 heteroatoms. The lowest BCUT2D eigenvalue weighted by Gasteiger charge is -2.07. The maximum atomic E-state index is 5.24. The highest BCUT2D eigenvalue weighted by Crippen LogP contribution is 2.31. The van der Waals surface area contributed by atoms with Crippen LogP contribution in [-0.2, 0) is 0 Å². The number of methoxy groups -OCH3 is 1. The molecule has 0 aliphatic carbocycles. The molecule has 0 amide bonds. The third-order valence-corrected chi connectivity index (χ3v) is 2.76. The monoisotopic (exact) mass is 365 g/mol. The number of halogens is 2. The van der Waals surface area contributed by atoms with Crippen molar-refractivity contribution in [2.24, 2.45) is 10.8 Å². The molecule has 1 aromatic rings. The van der Waals surface area contributed by atoms with E-state index >= 15 is 0 Å². The lowest BCUT2D eigenvalue weighted by molar-refractivity contribution is 0.411. The van der Waals surface area contributed by atoms with E-state index in [0.717, 1.165) is 14.5 Å². The van der Waals surface area contributed by atoms with Gasteiger partial charge in [0.05, 0.1) is 17.8 Å². The van der Waals surface area contributed by atoms with Crippen LogP contribution in [0.15, 0.2) is 26.2 Å². The van der Waals surface area contributed by atoms with Crippen LogP contribution < -0.4 is 15.9 Å². The number of nitrogens with two attached hydrogens (primary N) is 1. The number of benzene rings is 1. The SMILES string of the molecule is COc1c(Br)cc(Br)cc1C=NNC(N)=S. The zero-order valence-electron chi connectivity index (χ0n) is 8.33. The number of hydrazone groups is 1. The lowest BCUT2D eigenvalue weighted by Crippen LogP contribution is -2.24. The fraction of sp³-hybridized carbons (Fsp3) is 0.111. The number of hydrogen-bond acceptors (Lipinski definition) is 3. The van der Waals surface area contributed by atoms with Gasteiger partial charge >= 0.3 is 0 Å². The van der Waals surface area contributed by atoms with Crippen LogP contribution in [0.5, 0.6) is 5.75 Å². The van der Waals surface area contributed by atoms with E-state index in [9.17, 15) is 0 Å². The minimum absolute atomic E-state index is 0.115. The van der Waals surface area contributed by atoms with Gasteiger partial charge in [-0.15, -0.1) is 0 Å². The Labute approximate surface area is 115 Å². The van der Waals surface area contributed by atoms with Crippen LogP contribution in [0.2, 0.25) is 0 Å². The molecule has 0 atom stereocenters. The van der Waals surface area contributed by atoms with Gasteiger partial charge in [0.2, 0.25) is 0 Å². The third-order valence-electron chi connectivity index (χ3n) is 1.62. The molecule has 0 heterocycles. The van der Waals surface area contributed by atoms with E-state index in [1.54, 1.807) is 13.3 Å². The zero-order chi connectivity index (χ0) is 12.1. The molecule has 1 aromatic carbocycles. The van der Waals surface area contributed by atoms with Crippen LogP contribution in [0, 0.1) is 0 Å². The Kier molecular flexibility index (Phi) is 5.17. The second-order valence-electron chi connectivity index (χ2n) is 2.74. The second kappa shape index (κ2) is 6.17. The molecule has 0 aliphatic heterocycles. The van der Waals surface area contributed by atoms with E-state index in [1.165, 1.54) is 0 Å². The Balaban J connectivity index is 3.02. The summed E-state index contributed by atoms with van der Waals surface area (Å²) >= 11 is 11.4. The van der Waals surface area contributed by atoms with E-state index in [2.05, 4.69) is 54.6 Å². The van der Waals surface area contributed by atoms with E-state index in [-0.39, 0.29) is 5.11 Å². The third kappa shape index (κ3) is 3.73. The summed E-state index contributed by atoms with van der Waals surface area (Å²) < 4.78 is 6.99. The molecule has 0 aliphatic rings. The van der Waals surface area contributed by atoms with Gasteiger partial charge in [-0.25, -0.2) is 0 Å². The Morgan fingerprint density at radius 2 is 2.25 bits per heavy atom. The van der Waals surface area contributed by atoms with Crippen LogP contribution in [0.3, 0.4) is 0 Å². The highest BCUT2D eigenvalue weighted by Gasteiger charge is 2.07. The van der Waals surface area contributed by atoms with Crippen molar-refractivity contribution < 1.29 is 4.74 Å². The number of nitrogens with one attached hydrogen (secondary N) is 1. The first kappa shape index (κ1) is 13.4. The van der Waals surface area contributed by atoms with Crippen molar-refractivity contribution >= 4 is 55.4 Å². The van der Waals surface area contributed by atoms with Crippen molar-refractivity contribution in [2.75, 3.05) is 7.11 Å². The van der Waals surface area contributed by atoms with Gasteiger partial charge in [-0.05, 0) is 40.3 Å². The summed E-state index contributed by atoms with van der Waals surface area (Å²) in [5.41, 5.74) is 8.52. The predicted octanol–water partition coefficient (Wildman–Crippen LogP) is 2.39. The molecule has 16 heavy (non-hydrogen) atoms. The minimum Gasteiger partial charge on any atom is -0.495 e. The van der Waals surface area contributed by atoms with Gasteiger partial charge in [0.1, 0.15) is 5.75 Å². The quantitative estimate of drug-likeness (QED) is 0.490.